The van der Waals surface area contributed by atoms with E-state index in [0.717, 1.165) is 38.4 Å². The van der Waals surface area contributed by atoms with Gasteiger partial charge in [0.1, 0.15) is 5.78 Å². The lowest BCUT2D eigenvalue weighted by molar-refractivity contribution is -0.127. The van der Waals surface area contributed by atoms with Gasteiger partial charge in [-0.25, -0.2) is 0 Å². The maximum atomic E-state index is 12.6. The Hall–Kier alpha value is -0.305. The van der Waals surface area contributed by atoms with Gasteiger partial charge in [0.15, 0.2) is 0 Å². The molecule has 0 aromatic carbocycles. The number of ketones is 1. The largest absolute Gasteiger partial charge is 0.454 e. The zero-order chi connectivity index (χ0) is 22.7. The Kier molecular flexibility index (Phi) is 18.1. The van der Waals surface area contributed by atoms with Crippen LogP contribution in [0.4, 0.5) is 0 Å². The quantitative estimate of drug-likeness (QED) is 0.149. The Labute approximate surface area is 190 Å². The summed E-state index contributed by atoms with van der Waals surface area (Å²) in [7, 11) is 1.29. The van der Waals surface area contributed by atoms with Crippen LogP contribution in [0.1, 0.15) is 150 Å². The topological polar surface area (TPSA) is 37.3 Å². The number of unbranched alkanes of at least 4 members (excludes halogenated alkanes) is 13. The fraction of sp³-hybridized carbons (Fsp3) is 0.963. The van der Waals surface area contributed by atoms with E-state index in [1.165, 1.54) is 91.0 Å². The highest BCUT2D eigenvalue weighted by Crippen LogP contribution is 2.30. The zero-order valence-corrected chi connectivity index (χ0v) is 21.4. The second kappa shape index (κ2) is 18.3. The maximum Gasteiger partial charge on any atom is 0.287 e. The van der Waals surface area contributed by atoms with Crippen LogP contribution in [0, 0.1) is 10.8 Å². The van der Waals surface area contributed by atoms with Crippen molar-refractivity contribution in [3.63, 3.8) is 0 Å². The molecule has 1 N–H and O–H groups in total. The lowest BCUT2D eigenvalue weighted by atomic mass is 9.78. The van der Waals surface area contributed by atoms with Crippen molar-refractivity contribution in [1.82, 2.24) is 0 Å². The Morgan fingerprint density at radius 2 is 1.00 bits per heavy atom. The van der Waals surface area contributed by atoms with Crippen molar-refractivity contribution in [3.8, 4) is 0 Å². The van der Waals surface area contributed by atoms with Gasteiger partial charge in [-0.1, -0.05) is 131 Å². The highest BCUT2D eigenvalue weighted by Gasteiger charge is 2.26. The molecular formula is C27H54BO2. The highest BCUT2D eigenvalue weighted by molar-refractivity contribution is 6.25. The number of Topliss-reactive ketones (excluding diaryl/α,β-unsaturated/α-hetero) is 1. The van der Waals surface area contributed by atoms with E-state index in [1.54, 1.807) is 0 Å². The predicted octanol–water partition coefficient (Wildman–Crippen LogP) is 8.68. The van der Waals surface area contributed by atoms with Crippen LogP contribution < -0.4 is 0 Å². The molecule has 0 fully saturated rings. The maximum absolute atomic E-state index is 12.6. The van der Waals surface area contributed by atoms with Gasteiger partial charge in [-0.3, -0.25) is 4.79 Å². The van der Waals surface area contributed by atoms with Crippen molar-refractivity contribution in [2.75, 3.05) is 0 Å². The van der Waals surface area contributed by atoms with Crippen LogP contribution in [0.2, 0.25) is 6.32 Å². The number of hydrogen-bond donors (Lipinski definition) is 1. The summed E-state index contributed by atoms with van der Waals surface area (Å²) in [6, 6.07) is 0. The van der Waals surface area contributed by atoms with Gasteiger partial charge in [0.2, 0.25) is 0 Å². The third-order valence-electron chi connectivity index (χ3n) is 6.47. The molecule has 0 rings (SSSR count). The normalized spacial score (nSPS) is 12.3. The molecule has 0 bridgehead atoms. The lowest BCUT2D eigenvalue weighted by Crippen LogP contribution is -2.24. The van der Waals surface area contributed by atoms with Crippen LogP contribution in [0.3, 0.4) is 0 Å². The molecule has 177 valence electrons. The third kappa shape index (κ3) is 19.6. The van der Waals surface area contributed by atoms with E-state index >= 15 is 0 Å². The van der Waals surface area contributed by atoms with Crippen molar-refractivity contribution < 1.29 is 9.82 Å². The molecule has 0 atom stereocenters. The van der Waals surface area contributed by atoms with Gasteiger partial charge >= 0.3 is 0 Å². The van der Waals surface area contributed by atoms with Crippen LogP contribution in [-0.2, 0) is 4.79 Å². The molecule has 2 nitrogen and oxygen atoms in total. The zero-order valence-electron chi connectivity index (χ0n) is 21.4. The third-order valence-corrected chi connectivity index (χ3v) is 6.47. The van der Waals surface area contributed by atoms with E-state index < -0.39 is 0 Å². The second-order valence-electron chi connectivity index (χ2n) is 11.4. The van der Waals surface area contributed by atoms with E-state index in [9.17, 15) is 4.79 Å². The van der Waals surface area contributed by atoms with E-state index in [2.05, 4.69) is 34.6 Å². The second-order valence-corrected chi connectivity index (χ2v) is 11.4. The molecule has 1 radical (unpaired) electrons. The van der Waals surface area contributed by atoms with Gasteiger partial charge in [0, 0.05) is 11.8 Å². The van der Waals surface area contributed by atoms with Gasteiger partial charge in [-0.15, -0.1) is 0 Å². The minimum absolute atomic E-state index is 0.136. The summed E-state index contributed by atoms with van der Waals surface area (Å²) >= 11 is 0. The molecule has 30 heavy (non-hydrogen) atoms. The average molecular weight is 422 g/mol. The molecule has 0 aromatic heterocycles. The smallest absolute Gasteiger partial charge is 0.287 e. The van der Waals surface area contributed by atoms with Crippen molar-refractivity contribution in [1.29, 1.82) is 0 Å². The van der Waals surface area contributed by atoms with Gasteiger partial charge in [-0.05, 0) is 24.7 Å². The van der Waals surface area contributed by atoms with Crippen molar-refractivity contribution in [2.24, 2.45) is 10.8 Å². The lowest BCUT2D eigenvalue weighted by Gasteiger charge is -2.25. The molecule has 0 aliphatic carbocycles. The molecule has 0 spiro atoms. The average Bonchev–Trinajstić information content (AvgIpc) is 2.66. The van der Waals surface area contributed by atoms with E-state index in [1.807, 2.05) is 0 Å². The molecule has 0 saturated carbocycles. The van der Waals surface area contributed by atoms with Crippen molar-refractivity contribution in [3.05, 3.63) is 0 Å². The van der Waals surface area contributed by atoms with E-state index in [0.29, 0.717) is 11.2 Å². The highest BCUT2D eigenvalue weighted by atomic mass is 16.2. The predicted molar refractivity (Wildman–Crippen MR) is 134 cm³/mol. The van der Waals surface area contributed by atoms with Crippen LogP contribution in [0.5, 0.6) is 0 Å². The molecule has 0 amide bonds. The fourth-order valence-corrected chi connectivity index (χ4v) is 4.18. The standard InChI is InChI=1S/C27H54BO2/c1-26(2,3)22-20-23-27(4,5)25(29)21-18-16-14-12-10-8-6-7-9-11-13-15-17-19-24-28-30/h30H,6-24H2,1-5H3. The van der Waals surface area contributed by atoms with Crippen LogP contribution >= 0.6 is 0 Å². The first-order chi connectivity index (χ1) is 14.2. The first-order valence-corrected chi connectivity index (χ1v) is 13.2. The van der Waals surface area contributed by atoms with Gasteiger partial charge in [0.05, 0.1) is 0 Å². The molecule has 0 saturated heterocycles. The summed E-state index contributed by atoms with van der Waals surface area (Å²) in [5, 5.41) is 8.63. The molecule has 0 aliphatic rings. The van der Waals surface area contributed by atoms with Crippen molar-refractivity contribution >= 4 is 13.3 Å². The van der Waals surface area contributed by atoms with Gasteiger partial charge < -0.3 is 5.02 Å². The Morgan fingerprint density at radius 1 is 0.600 bits per heavy atom. The van der Waals surface area contributed by atoms with E-state index in [4.69, 9.17) is 5.02 Å². The monoisotopic (exact) mass is 421 g/mol. The summed E-state index contributed by atoms with van der Waals surface area (Å²) in [5.41, 5.74) is 0.238. The summed E-state index contributed by atoms with van der Waals surface area (Å²) in [4.78, 5) is 12.6. The summed E-state index contributed by atoms with van der Waals surface area (Å²) in [5.74, 6) is 0.475. The molecule has 0 unspecified atom stereocenters. The SMILES string of the molecule is CC(C)(C)CCCC(C)(C)C(=O)CCCCCCCCCCCCCCCC[B]O. The van der Waals surface area contributed by atoms with Crippen molar-refractivity contribution in [2.45, 2.75) is 157 Å². The molecule has 0 heterocycles. The van der Waals surface area contributed by atoms with Gasteiger partial charge in [0.25, 0.3) is 7.48 Å². The minimum Gasteiger partial charge on any atom is -0.454 e. The first-order valence-electron chi connectivity index (χ1n) is 13.2. The number of hydrogen-bond acceptors (Lipinski definition) is 2. The fourth-order valence-electron chi connectivity index (χ4n) is 4.18. The summed E-state index contributed by atoms with van der Waals surface area (Å²) in [6.07, 6.45) is 23.3. The molecule has 0 aromatic rings. The summed E-state index contributed by atoms with van der Waals surface area (Å²) < 4.78 is 0. The summed E-state index contributed by atoms with van der Waals surface area (Å²) in [6.45, 7) is 11.1. The van der Waals surface area contributed by atoms with Crippen LogP contribution in [0.25, 0.3) is 0 Å². The van der Waals surface area contributed by atoms with Crippen LogP contribution in [-0.4, -0.2) is 18.3 Å². The van der Waals surface area contributed by atoms with E-state index in [-0.39, 0.29) is 5.41 Å². The molecular weight excluding hydrogens is 367 g/mol. The molecule has 3 heteroatoms. The minimum atomic E-state index is -0.136. The Morgan fingerprint density at radius 3 is 1.40 bits per heavy atom. The molecule has 0 aliphatic heterocycles. The number of carbonyl (C=O) groups excluding carboxylic acids is 1. The number of rotatable bonds is 21. The Balaban J connectivity index is 3.43. The number of carbonyl (C=O) groups is 1. The first kappa shape index (κ1) is 29.7. The van der Waals surface area contributed by atoms with Gasteiger partial charge in [-0.2, -0.15) is 0 Å². The van der Waals surface area contributed by atoms with Crippen LogP contribution in [0.15, 0.2) is 0 Å². The Bertz CT molecular complexity index is 398.